The Labute approximate surface area is 162 Å². The number of amides is 1. The minimum atomic E-state index is 0.0359. The summed E-state index contributed by atoms with van der Waals surface area (Å²) < 4.78 is 6.16. The molecule has 2 aromatic rings. The van der Waals surface area contributed by atoms with Gasteiger partial charge in [0, 0.05) is 11.4 Å². The number of carbonyl (C=O) groups excluding carboxylic acids is 1. The van der Waals surface area contributed by atoms with Gasteiger partial charge in [-0.3, -0.25) is 4.79 Å². The Morgan fingerprint density at radius 1 is 1.28 bits per heavy atom. The molecule has 0 spiro atoms. The molecule has 0 aliphatic heterocycles. The first-order valence-corrected chi connectivity index (χ1v) is 10.2. The van der Waals surface area contributed by atoms with Crippen molar-refractivity contribution in [2.45, 2.75) is 32.4 Å². The van der Waals surface area contributed by atoms with E-state index in [2.05, 4.69) is 41.2 Å². The van der Waals surface area contributed by atoms with Crippen LogP contribution in [0.15, 0.2) is 40.9 Å². The normalized spacial score (nSPS) is 10.8. The number of halogens is 1. The number of rotatable bonds is 7. The third-order valence-electron chi connectivity index (χ3n) is 3.91. The third-order valence-corrected chi connectivity index (χ3v) is 5.53. The van der Waals surface area contributed by atoms with Crippen LogP contribution in [0.4, 0.5) is 5.69 Å². The molecule has 0 aliphatic carbocycles. The van der Waals surface area contributed by atoms with Crippen molar-refractivity contribution >= 4 is 39.3 Å². The van der Waals surface area contributed by atoms with Gasteiger partial charge in [0.2, 0.25) is 5.91 Å². The molecule has 3 nitrogen and oxygen atoms in total. The molecule has 0 saturated carbocycles. The molecule has 5 heteroatoms. The van der Waals surface area contributed by atoms with Crippen LogP contribution < -0.4 is 10.1 Å². The number of hydrogen-bond donors (Lipinski definition) is 1. The molecule has 0 aliphatic rings. The molecule has 0 fully saturated rings. The van der Waals surface area contributed by atoms with Gasteiger partial charge >= 0.3 is 0 Å². The molecule has 25 heavy (non-hydrogen) atoms. The molecule has 2 rings (SSSR count). The highest BCUT2D eigenvalue weighted by atomic mass is 79.9. The van der Waals surface area contributed by atoms with E-state index >= 15 is 0 Å². The highest BCUT2D eigenvalue weighted by Crippen LogP contribution is 2.29. The number of hydrogen-bond acceptors (Lipinski definition) is 3. The quantitative estimate of drug-likeness (QED) is 0.617. The maximum atomic E-state index is 12.3. The molecular formula is C20H24BrNO2S. The SMILES string of the molecule is COc1ccc(CSCC(=O)Nc2c(C)cccc2C(C)C)cc1Br. The zero-order valence-corrected chi connectivity index (χ0v) is 17.5. The molecule has 0 atom stereocenters. The molecule has 0 heterocycles. The Balaban J connectivity index is 1.93. The Morgan fingerprint density at radius 2 is 2.04 bits per heavy atom. The zero-order valence-electron chi connectivity index (χ0n) is 15.1. The zero-order chi connectivity index (χ0) is 18.4. The lowest BCUT2D eigenvalue weighted by Crippen LogP contribution is -2.16. The van der Waals surface area contributed by atoms with E-state index < -0.39 is 0 Å². The van der Waals surface area contributed by atoms with Crippen LogP contribution >= 0.6 is 27.7 Å². The molecule has 1 amide bonds. The molecule has 1 N–H and O–H groups in total. The van der Waals surface area contributed by atoms with Gasteiger partial charge in [0.1, 0.15) is 5.75 Å². The molecule has 0 saturated heterocycles. The van der Waals surface area contributed by atoms with Gasteiger partial charge in [0.15, 0.2) is 0 Å². The number of methoxy groups -OCH3 is 1. The number of para-hydroxylation sites is 1. The van der Waals surface area contributed by atoms with Gasteiger partial charge in [-0.1, -0.05) is 38.1 Å². The van der Waals surface area contributed by atoms with E-state index in [0.29, 0.717) is 11.7 Å². The average molecular weight is 422 g/mol. The largest absolute Gasteiger partial charge is 0.496 e. The fraction of sp³-hybridized carbons (Fsp3) is 0.350. The molecular weight excluding hydrogens is 398 g/mol. The number of aryl methyl sites for hydroxylation is 1. The van der Waals surface area contributed by atoms with Crippen LogP contribution in [-0.4, -0.2) is 18.8 Å². The van der Waals surface area contributed by atoms with Crippen LogP contribution in [0.2, 0.25) is 0 Å². The van der Waals surface area contributed by atoms with Gasteiger partial charge in [-0.2, -0.15) is 0 Å². The minimum Gasteiger partial charge on any atom is -0.496 e. The van der Waals surface area contributed by atoms with Gasteiger partial charge in [-0.15, -0.1) is 11.8 Å². The van der Waals surface area contributed by atoms with Crippen LogP contribution in [0.5, 0.6) is 5.75 Å². The third kappa shape index (κ3) is 5.51. The summed E-state index contributed by atoms with van der Waals surface area (Å²) in [5.74, 6) is 2.43. The Kier molecular flexibility index (Phi) is 7.38. The fourth-order valence-electron chi connectivity index (χ4n) is 2.58. The second-order valence-corrected chi connectivity index (χ2v) is 8.04. The molecule has 0 aromatic heterocycles. The summed E-state index contributed by atoms with van der Waals surface area (Å²) in [7, 11) is 1.65. The maximum Gasteiger partial charge on any atom is 0.234 e. The summed E-state index contributed by atoms with van der Waals surface area (Å²) in [4.78, 5) is 12.3. The monoisotopic (exact) mass is 421 g/mol. The number of nitrogens with one attached hydrogen (secondary N) is 1. The number of ether oxygens (including phenoxy) is 1. The van der Waals surface area contributed by atoms with Crippen LogP contribution in [0, 0.1) is 6.92 Å². The van der Waals surface area contributed by atoms with Crippen molar-refractivity contribution in [1.82, 2.24) is 0 Å². The van der Waals surface area contributed by atoms with Crippen LogP contribution in [0.1, 0.15) is 36.5 Å². The second-order valence-electron chi connectivity index (χ2n) is 6.20. The van der Waals surface area contributed by atoms with Crippen molar-refractivity contribution in [3.05, 3.63) is 57.6 Å². The van der Waals surface area contributed by atoms with E-state index in [-0.39, 0.29) is 5.91 Å². The number of thioether (sulfide) groups is 1. The molecule has 134 valence electrons. The molecule has 2 aromatic carbocycles. The topological polar surface area (TPSA) is 38.3 Å². The number of carbonyl (C=O) groups is 1. The summed E-state index contributed by atoms with van der Waals surface area (Å²) in [5.41, 5.74) is 4.39. The van der Waals surface area contributed by atoms with Gasteiger partial charge < -0.3 is 10.1 Å². The Morgan fingerprint density at radius 3 is 2.68 bits per heavy atom. The van der Waals surface area contributed by atoms with Gasteiger partial charge in [0.05, 0.1) is 17.3 Å². The van der Waals surface area contributed by atoms with Gasteiger partial charge in [-0.05, 0) is 57.6 Å². The molecule has 0 unspecified atom stereocenters. The number of benzene rings is 2. The van der Waals surface area contributed by atoms with E-state index in [1.54, 1.807) is 18.9 Å². The lowest BCUT2D eigenvalue weighted by Gasteiger charge is -2.16. The van der Waals surface area contributed by atoms with Crippen molar-refractivity contribution in [3.8, 4) is 5.75 Å². The van der Waals surface area contributed by atoms with E-state index in [1.165, 1.54) is 5.56 Å². The van der Waals surface area contributed by atoms with Crippen molar-refractivity contribution in [1.29, 1.82) is 0 Å². The summed E-state index contributed by atoms with van der Waals surface area (Å²) in [6.07, 6.45) is 0. The van der Waals surface area contributed by atoms with E-state index in [9.17, 15) is 4.79 Å². The lowest BCUT2D eigenvalue weighted by atomic mass is 9.98. The average Bonchev–Trinajstić information content (AvgIpc) is 2.56. The minimum absolute atomic E-state index is 0.0359. The first-order chi connectivity index (χ1) is 11.9. The number of anilines is 1. The van der Waals surface area contributed by atoms with Crippen molar-refractivity contribution in [2.75, 3.05) is 18.2 Å². The van der Waals surface area contributed by atoms with Crippen LogP contribution in [0.3, 0.4) is 0 Å². The van der Waals surface area contributed by atoms with Gasteiger partial charge in [-0.25, -0.2) is 0 Å². The predicted octanol–water partition coefficient (Wildman–Crippen LogP) is 5.76. The van der Waals surface area contributed by atoms with E-state index in [4.69, 9.17) is 4.74 Å². The smallest absolute Gasteiger partial charge is 0.234 e. The van der Waals surface area contributed by atoms with Crippen LogP contribution in [0.25, 0.3) is 0 Å². The first kappa shape index (κ1) is 19.9. The highest BCUT2D eigenvalue weighted by molar-refractivity contribution is 9.10. The molecule has 0 radical (unpaired) electrons. The summed E-state index contributed by atoms with van der Waals surface area (Å²) in [6.45, 7) is 6.31. The lowest BCUT2D eigenvalue weighted by molar-refractivity contribution is -0.113. The van der Waals surface area contributed by atoms with Gasteiger partial charge in [0.25, 0.3) is 0 Å². The first-order valence-electron chi connectivity index (χ1n) is 8.22. The van der Waals surface area contributed by atoms with Crippen LogP contribution in [-0.2, 0) is 10.5 Å². The summed E-state index contributed by atoms with van der Waals surface area (Å²) >= 11 is 5.09. The van der Waals surface area contributed by atoms with E-state index in [1.807, 2.05) is 37.3 Å². The van der Waals surface area contributed by atoms with Crippen molar-refractivity contribution < 1.29 is 9.53 Å². The van der Waals surface area contributed by atoms with Crippen molar-refractivity contribution in [2.24, 2.45) is 0 Å². The van der Waals surface area contributed by atoms with Crippen molar-refractivity contribution in [3.63, 3.8) is 0 Å². The molecule has 0 bridgehead atoms. The van der Waals surface area contributed by atoms with E-state index in [0.717, 1.165) is 32.8 Å². The predicted molar refractivity (Wildman–Crippen MR) is 111 cm³/mol. The second kappa shape index (κ2) is 9.30. The fourth-order valence-corrected chi connectivity index (χ4v) is 3.94. The Bertz CT molecular complexity index is 746. The highest BCUT2D eigenvalue weighted by Gasteiger charge is 2.12. The summed E-state index contributed by atoms with van der Waals surface area (Å²) in [6, 6.07) is 12.1. The maximum absolute atomic E-state index is 12.3. The summed E-state index contributed by atoms with van der Waals surface area (Å²) in [5, 5.41) is 3.09. The Hall–Kier alpha value is -1.46. The standard InChI is InChI=1S/C20H24BrNO2S/c1-13(2)16-7-5-6-14(3)20(16)22-19(23)12-25-11-15-8-9-18(24-4)17(21)10-15/h5-10,13H,11-12H2,1-4H3,(H,22,23).